The molecule has 0 unspecified atom stereocenters. The van der Waals surface area contributed by atoms with Crippen LogP contribution in [0.5, 0.6) is 5.75 Å². The average molecular weight is 577 g/mol. The van der Waals surface area contributed by atoms with Crippen molar-refractivity contribution in [3.8, 4) is 5.75 Å². The first-order valence-corrected chi connectivity index (χ1v) is 17.4. The highest BCUT2D eigenvalue weighted by Crippen LogP contribution is 2.42. The number of carbonyl (C=O) groups is 1. The van der Waals surface area contributed by atoms with Crippen LogP contribution in [-0.2, 0) is 22.9 Å². The normalized spacial score (nSPS) is 15.1. The van der Waals surface area contributed by atoms with E-state index >= 15 is 0 Å². The molecular weight excluding hydrogens is 532 g/mol. The van der Waals surface area contributed by atoms with Crippen LogP contribution in [0.15, 0.2) is 59.5 Å². The summed E-state index contributed by atoms with van der Waals surface area (Å²) in [7, 11) is -0.250. The van der Waals surface area contributed by atoms with Crippen LogP contribution in [0.1, 0.15) is 74.0 Å². The van der Waals surface area contributed by atoms with E-state index in [0.717, 1.165) is 36.9 Å². The number of hydrogen-bond acceptors (Lipinski definition) is 6. The van der Waals surface area contributed by atoms with E-state index in [1.807, 2.05) is 54.7 Å². The molecule has 0 atom stereocenters. The first-order chi connectivity index (χ1) is 19.4. The zero-order valence-electron chi connectivity index (χ0n) is 25.3. The third kappa shape index (κ3) is 7.32. The first-order valence-electron chi connectivity index (χ1n) is 14.5. The van der Waals surface area contributed by atoms with E-state index in [-0.39, 0.29) is 34.4 Å². The highest BCUT2D eigenvalue weighted by molar-refractivity contribution is 6.74. The van der Waals surface area contributed by atoms with E-state index in [1.165, 1.54) is 0 Å². The van der Waals surface area contributed by atoms with Gasteiger partial charge in [0.05, 0.1) is 6.61 Å². The second kappa shape index (κ2) is 12.7. The van der Waals surface area contributed by atoms with Crippen LogP contribution in [0.2, 0.25) is 18.1 Å². The van der Waals surface area contributed by atoms with Crippen LogP contribution in [-0.4, -0.2) is 54.3 Å². The van der Waals surface area contributed by atoms with Gasteiger partial charge in [0.15, 0.2) is 14.0 Å². The van der Waals surface area contributed by atoms with Crippen LogP contribution in [0.25, 0.3) is 0 Å². The number of nitrogens with one attached hydrogen (secondary N) is 1. The van der Waals surface area contributed by atoms with Gasteiger partial charge in [0.25, 0.3) is 11.5 Å². The van der Waals surface area contributed by atoms with Crippen molar-refractivity contribution < 1.29 is 14.0 Å². The number of nitrogens with zero attached hydrogens (tertiary/aromatic N) is 3. The summed E-state index contributed by atoms with van der Waals surface area (Å²) < 4.78 is 12.3. The van der Waals surface area contributed by atoms with Crippen LogP contribution in [0.3, 0.4) is 0 Å². The SMILES string of the molecule is CN(CCO[Si](C)(C)C(C)(C)C)C(=O)c1nc(CC2(c3ccccn3)CCCC2)[nH]c(=O)c1OCc1ccccc1. The van der Waals surface area contributed by atoms with Gasteiger partial charge in [0.1, 0.15) is 12.4 Å². The summed E-state index contributed by atoms with van der Waals surface area (Å²) >= 11 is 0. The van der Waals surface area contributed by atoms with Gasteiger partial charge in [-0.05, 0) is 48.7 Å². The molecule has 1 amide bonds. The van der Waals surface area contributed by atoms with E-state index in [9.17, 15) is 9.59 Å². The summed E-state index contributed by atoms with van der Waals surface area (Å²) in [6, 6.07) is 15.5. The van der Waals surface area contributed by atoms with Crippen LogP contribution >= 0.6 is 0 Å². The molecule has 1 aliphatic rings. The van der Waals surface area contributed by atoms with Crippen LogP contribution in [0.4, 0.5) is 0 Å². The Balaban J connectivity index is 1.62. The molecule has 1 aliphatic carbocycles. The van der Waals surface area contributed by atoms with Crippen molar-refractivity contribution in [2.75, 3.05) is 20.2 Å². The molecule has 0 saturated heterocycles. The standard InChI is InChI=1S/C32H44N4O4Si/c1-31(2,3)41(5,6)40-21-20-36(4)30(38)27-28(39-23-24-14-8-7-9-15-24)29(37)35-26(34-27)22-32(17-11-12-18-32)25-16-10-13-19-33-25/h7-10,13-16,19H,11-12,17-18,20-23H2,1-6H3,(H,34,35,37). The van der Waals surface area contributed by atoms with Gasteiger partial charge in [-0.3, -0.25) is 14.6 Å². The third-order valence-electron chi connectivity index (χ3n) is 8.67. The van der Waals surface area contributed by atoms with Gasteiger partial charge in [-0.2, -0.15) is 0 Å². The molecule has 9 heteroatoms. The Morgan fingerprint density at radius 1 is 1.07 bits per heavy atom. The maximum atomic E-state index is 13.8. The number of likely N-dealkylation sites (N-methyl/N-ethyl adjacent to an activating group) is 1. The second-order valence-corrected chi connectivity index (χ2v) is 17.5. The van der Waals surface area contributed by atoms with Crippen molar-refractivity contribution in [3.63, 3.8) is 0 Å². The lowest BCUT2D eigenvalue weighted by atomic mass is 9.79. The monoisotopic (exact) mass is 576 g/mol. The summed E-state index contributed by atoms with van der Waals surface area (Å²) in [5, 5.41) is 0.0705. The Labute approximate surface area is 244 Å². The number of amides is 1. The molecule has 1 fully saturated rings. The first kappa shape index (κ1) is 30.7. The van der Waals surface area contributed by atoms with Gasteiger partial charge in [-0.15, -0.1) is 0 Å². The molecule has 2 aromatic heterocycles. The maximum Gasteiger partial charge on any atom is 0.294 e. The Morgan fingerprint density at radius 2 is 1.76 bits per heavy atom. The van der Waals surface area contributed by atoms with Crippen molar-refractivity contribution in [2.24, 2.45) is 0 Å². The number of ether oxygens (including phenoxy) is 1. The van der Waals surface area contributed by atoms with E-state index in [0.29, 0.717) is 25.4 Å². The van der Waals surface area contributed by atoms with Crippen molar-refractivity contribution in [2.45, 2.75) is 83.0 Å². The zero-order chi connectivity index (χ0) is 29.7. The van der Waals surface area contributed by atoms with Gasteiger partial charge in [-0.25, -0.2) is 4.98 Å². The number of carbonyl (C=O) groups excluding carboxylic acids is 1. The van der Waals surface area contributed by atoms with Gasteiger partial charge in [0, 0.05) is 37.3 Å². The fraction of sp³-hybridized carbons (Fsp3) is 0.500. The molecule has 8 nitrogen and oxygen atoms in total. The number of pyridine rings is 1. The maximum absolute atomic E-state index is 13.8. The van der Waals surface area contributed by atoms with Crippen molar-refractivity contribution in [3.05, 3.63) is 87.9 Å². The Morgan fingerprint density at radius 3 is 2.39 bits per heavy atom. The number of rotatable bonds is 11. The Kier molecular flexibility index (Phi) is 9.49. The highest BCUT2D eigenvalue weighted by atomic mass is 28.4. The average Bonchev–Trinajstić information content (AvgIpc) is 3.41. The minimum Gasteiger partial charge on any atom is -0.481 e. The Bertz CT molecular complexity index is 1360. The van der Waals surface area contributed by atoms with E-state index in [4.69, 9.17) is 14.1 Å². The summed E-state index contributed by atoms with van der Waals surface area (Å²) in [5.74, 6) is 0.0551. The molecule has 4 rings (SSSR count). The van der Waals surface area contributed by atoms with Crippen LogP contribution in [0, 0.1) is 0 Å². The van der Waals surface area contributed by atoms with Crippen molar-refractivity contribution in [1.82, 2.24) is 19.9 Å². The van der Waals surface area contributed by atoms with Gasteiger partial charge in [0.2, 0.25) is 5.75 Å². The Hall–Kier alpha value is -3.30. The minimum absolute atomic E-state index is 0.0312. The van der Waals surface area contributed by atoms with Crippen molar-refractivity contribution >= 4 is 14.2 Å². The van der Waals surface area contributed by atoms with Crippen molar-refractivity contribution in [1.29, 1.82) is 0 Å². The molecule has 0 spiro atoms. The fourth-order valence-electron chi connectivity index (χ4n) is 5.11. The number of H-pyrrole nitrogens is 1. The number of aromatic amines is 1. The van der Waals surface area contributed by atoms with Gasteiger partial charge < -0.3 is 19.0 Å². The quantitative estimate of drug-likeness (QED) is 0.286. The lowest BCUT2D eigenvalue weighted by Crippen LogP contribution is -2.43. The lowest BCUT2D eigenvalue weighted by molar-refractivity contribution is 0.0757. The number of hydrogen-bond donors (Lipinski definition) is 1. The summed E-state index contributed by atoms with van der Waals surface area (Å²) in [5.41, 5.74) is 1.24. The topological polar surface area (TPSA) is 97.4 Å². The molecule has 0 bridgehead atoms. The number of aromatic nitrogens is 3. The molecule has 1 N–H and O–H groups in total. The van der Waals surface area contributed by atoms with Gasteiger partial charge in [-0.1, -0.05) is 70.0 Å². The smallest absolute Gasteiger partial charge is 0.294 e. The molecule has 3 aromatic rings. The zero-order valence-corrected chi connectivity index (χ0v) is 26.3. The molecular formula is C32H44N4O4Si. The lowest BCUT2D eigenvalue weighted by Gasteiger charge is -2.36. The number of benzene rings is 1. The molecule has 41 heavy (non-hydrogen) atoms. The second-order valence-electron chi connectivity index (χ2n) is 12.7. The predicted molar refractivity (Wildman–Crippen MR) is 164 cm³/mol. The minimum atomic E-state index is -1.97. The summed E-state index contributed by atoms with van der Waals surface area (Å²) in [6.45, 7) is 11.9. The van der Waals surface area contributed by atoms with E-state index < -0.39 is 13.9 Å². The third-order valence-corrected chi connectivity index (χ3v) is 13.2. The molecule has 0 aliphatic heterocycles. The highest BCUT2D eigenvalue weighted by Gasteiger charge is 2.39. The largest absolute Gasteiger partial charge is 0.481 e. The summed E-state index contributed by atoms with van der Waals surface area (Å²) in [4.78, 5) is 41.2. The fourth-order valence-corrected chi connectivity index (χ4v) is 6.14. The molecule has 1 aromatic carbocycles. The predicted octanol–water partition coefficient (Wildman–Crippen LogP) is 5.89. The van der Waals surface area contributed by atoms with E-state index in [2.05, 4.69) is 43.8 Å². The molecule has 1 saturated carbocycles. The molecule has 0 radical (unpaired) electrons. The molecule has 2 heterocycles. The summed E-state index contributed by atoms with van der Waals surface area (Å²) in [6.07, 6.45) is 6.38. The van der Waals surface area contributed by atoms with E-state index in [1.54, 1.807) is 11.9 Å². The van der Waals surface area contributed by atoms with Crippen LogP contribution < -0.4 is 10.3 Å². The molecule has 220 valence electrons. The van der Waals surface area contributed by atoms with Gasteiger partial charge >= 0.3 is 0 Å².